The van der Waals surface area contributed by atoms with Gasteiger partial charge in [0.25, 0.3) is 5.69 Å². The van der Waals surface area contributed by atoms with E-state index in [4.69, 9.17) is 4.74 Å². The summed E-state index contributed by atoms with van der Waals surface area (Å²) in [6.45, 7) is 2.37. The molecule has 0 atom stereocenters. The molecule has 0 heterocycles. The zero-order valence-corrected chi connectivity index (χ0v) is 11.1. The standard InChI is InChI=1S/C12H16N2O6/c1-2-3-4-5-20-8-9-6-10(13(16)17)7-11(12(9)15)14(18)19/h6-7,15H,2-5,8H2,1H3. The van der Waals surface area contributed by atoms with Crippen LogP contribution in [0, 0.1) is 20.2 Å². The van der Waals surface area contributed by atoms with Crippen molar-refractivity contribution >= 4 is 11.4 Å². The zero-order chi connectivity index (χ0) is 15.1. The summed E-state index contributed by atoms with van der Waals surface area (Å²) < 4.78 is 5.27. The van der Waals surface area contributed by atoms with Gasteiger partial charge >= 0.3 is 5.69 Å². The first-order valence-corrected chi connectivity index (χ1v) is 6.19. The lowest BCUT2D eigenvalue weighted by molar-refractivity contribution is -0.394. The molecule has 0 bridgehead atoms. The van der Waals surface area contributed by atoms with Gasteiger partial charge in [-0.05, 0) is 6.42 Å². The van der Waals surface area contributed by atoms with Crippen molar-refractivity contribution in [3.63, 3.8) is 0 Å². The van der Waals surface area contributed by atoms with E-state index in [2.05, 4.69) is 0 Å². The number of unbranched alkanes of at least 4 members (excludes halogenated alkanes) is 2. The number of phenols is 1. The van der Waals surface area contributed by atoms with Gasteiger partial charge in [0, 0.05) is 18.2 Å². The quantitative estimate of drug-likeness (QED) is 0.445. The van der Waals surface area contributed by atoms with E-state index in [-0.39, 0.29) is 12.2 Å². The lowest BCUT2D eigenvalue weighted by atomic mass is 10.1. The molecule has 8 heteroatoms. The van der Waals surface area contributed by atoms with E-state index in [1.165, 1.54) is 0 Å². The van der Waals surface area contributed by atoms with Crippen LogP contribution in [0.25, 0.3) is 0 Å². The van der Waals surface area contributed by atoms with E-state index in [9.17, 15) is 25.3 Å². The highest BCUT2D eigenvalue weighted by atomic mass is 16.6. The number of non-ortho nitro benzene ring substituents is 1. The van der Waals surface area contributed by atoms with Gasteiger partial charge in [0.1, 0.15) is 0 Å². The number of rotatable bonds is 8. The molecule has 0 aromatic heterocycles. The molecule has 0 spiro atoms. The van der Waals surface area contributed by atoms with Gasteiger partial charge in [0.15, 0.2) is 5.75 Å². The van der Waals surface area contributed by atoms with Crippen LogP contribution in [0.1, 0.15) is 31.7 Å². The lowest BCUT2D eigenvalue weighted by Crippen LogP contribution is -2.00. The third kappa shape index (κ3) is 4.16. The third-order valence-corrected chi connectivity index (χ3v) is 2.71. The highest BCUT2D eigenvalue weighted by Crippen LogP contribution is 2.34. The van der Waals surface area contributed by atoms with E-state index < -0.39 is 27.0 Å². The molecule has 8 nitrogen and oxygen atoms in total. The van der Waals surface area contributed by atoms with Gasteiger partial charge < -0.3 is 9.84 Å². The Bertz CT molecular complexity index is 503. The summed E-state index contributed by atoms with van der Waals surface area (Å²) in [5.74, 6) is -0.587. The van der Waals surface area contributed by atoms with Gasteiger partial charge in [0.2, 0.25) is 0 Å². The van der Waals surface area contributed by atoms with Crippen molar-refractivity contribution in [2.24, 2.45) is 0 Å². The van der Waals surface area contributed by atoms with Gasteiger partial charge in [-0.3, -0.25) is 20.2 Å². The van der Waals surface area contributed by atoms with Gasteiger partial charge in [-0.2, -0.15) is 0 Å². The molecule has 1 aromatic carbocycles. The van der Waals surface area contributed by atoms with Crippen LogP contribution in [-0.2, 0) is 11.3 Å². The van der Waals surface area contributed by atoms with E-state index in [0.29, 0.717) is 6.61 Å². The maximum Gasteiger partial charge on any atom is 0.317 e. The summed E-state index contributed by atoms with van der Waals surface area (Å²) in [6, 6.07) is 1.82. The summed E-state index contributed by atoms with van der Waals surface area (Å²) >= 11 is 0. The Balaban J connectivity index is 2.88. The van der Waals surface area contributed by atoms with Crippen LogP contribution in [0.15, 0.2) is 12.1 Å². The van der Waals surface area contributed by atoms with Crippen LogP contribution in [0.3, 0.4) is 0 Å². The Morgan fingerprint density at radius 1 is 1.20 bits per heavy atom. The van der Waals surface area contributed by atoms with Gasteiger partial charge in [-0.25, -0.2) is 0 Å². The molecule has 1 rings (SSSR count). The second kappa shape index (κ2) is 7.39. The average Bonchev–Trinajstić information content (AvgIpc) is 2.39. The Kier molecular flexibility index (Phi) is 5.85. The molecule has 110 valence electrons. The fraction of sp³-hybridized carbons (Fsp3) is 0.500. The van der Waals surface area contributed by atoms with E-state index >= 15 is 0 Å². The van der Waals surface area contributed by atoms with Crippen LogP contribution in [0.5, 0.6) is 5.75 Å². The summed E-state index contributed by atoms with van der Waals surface area (Å²) in [5.41, 5.74) is -1.09. The van der Waals surface area contributed by atoms with Crippen LogP contribution in [0.2, 0.25) is 0 Å². The van der Waals surface area contributed by atoms with Gasteiger partial charge in [-0.1, -0.05) is 19.8 Å². The Morgan fingerprint density at radius 3 is 2.45 bits per heavy atom. The number of aromatic hydroxyl groups is 1. The maximum absolute atomic E-state index is 10.7. The number of nitro benzene ring substituents is 2. The minimum atomic E-state index is -0.858. The maximum atomic E-state index is 10.7. The SMILES string of the molecule is CCCCCOCc1cc([N+](=O)[O-])cc([N+](=O)[O-])c1O. The first-order valence-electron chi connectivity index (χ1n) is 6.19. The number of hydrogen-bond acceptors (Lipinski definition) is 6. The minimum absolute atomic E-state index is 0.0439. The van der Waals surface area contributed by atoms with Crippen LogP contribution in [0.4, 0.5) is 11.4 Å². The summed E-state index contributed by atoms with van der Waals surface area (Å²) in [4.78, 5) is 19.9. The lowest BCUT2D eigenvalue weighted by Gasteiger charge is -2.06. The van der Waals surface area contributed by atoms with Crippen molar-refractivity contribution in [1.82, 2.24) is 0 Å². The molecule has 0 saturated carbocycles. The molecule has 0 unspecified atom stereocenters. The highest BCUT2D eigenvalue weighted by molar-refractivity contribution is 5.57. The molecule has 0 aliphatic carbocycles. The van der Waals surface area contributed by atoms with Crippen molar-refractivity contribution in [3.8, 4) is 5.75 Å². The average molecular weight is 284 g/mol. The largest absolute Gasteiger partial charge is 0.502 e. The molecule has 1 N–H and O–H groups in total. The second-order valence-corrected chi connectivity index (χ2v) is 4.25. The van der Waals surface area contributed by atoms with Crippen molar-refractivity contribution in [1.29, 1.82) is 0 Å². The first kappa shape index (κ1) is 15.8. The van der Waals surface area contributed by atoms with Crippen molar-refractivity contribution in [3.05, 3.63) is 37.9 Å². The Morgan fingerprint density at radius 2 is 1.90 bits per heavy atom. The summed E-state index contributed by atoms with van der Waals surface area (Å²) in [5, 5.41) is 31.2. The normalized spacial score (nSPS) is 10.4. The predicted molar refractivity (Wildman–Crippen MR) is 70.6 cm³/mol. The number of hydrogen-bond donors (Lipinski definition) is 1. The molecule has 0 saturated heterocycles. The minimum Gasteiger partial charge on any atom is -0.502 e. The van der Waals surface area contributed by atoms with E-state index in [1.807, 2.05) is 6.92 Å². The number of nitrogens with zero attached hydrogens (tertiary/aromatic N) is 2. The van der Waals surface area contributed by atoms with Crippen LogP contribution in [-0.4, -0.2) is 21.6 Å². The van der Waals surface area contributed by atoms with Gasteiger partial charge in [0.05, 0.1) is 22.5 Å². The number of nitro groups is 2. The van der Waals surface area contributed by atoms with Crippen molar-refractivity contribution < 1.29 is 19.7 Å². The van der Waals surface area contributed by atoms with E-state index in [1.54, 1.807) is 0 Å². The number of phenolic OH excluding ortho intramolecular Hbond substituents is 1. The third-order valence-electron chi connectivity index (χ3n) is 2.71. The molecule has 0 aliphatic heterocycles. The smallest absolute Gasteiger partial charge is 0.317 e. The monoisotopic (exact) mass is 284 g/mol. The molecular formula is C12H16N2O6. The van der Waals surface area contributed by atoms with Crippen LogP contribution >= 0.6 is 0 Å². The summed E-state index contributed by atoms with van der Waals surface area (Å²) in [6.07, 6.45) is 2.84. The van der Waals surface area contributed by atoms with E-state index in [0.717, 1.165) is 31.4 Å². The van der Waals surface area contributed by atoms with Gasteiger partial charge in [-0.15, -0.1) is 0 Å². The first-order chi connectivity index (χ1) is 9.47. The molecule has 0 radical (unpaired) electrons. The fourth-order valence-electron chi connectivity index (χ4n) is 1.65. The number of benzene rings is 1. The number of ether oxygens (including phenoxy) is 1. The Labute approximate surface area is 115 Å². The van der Waals surface area contributed by atoms with Crippen LogP contribution < -0.4 is 0 Å². The fourth-order valence-corrected chi connectivity index (χ4v) is 1.65. The Hall–Kier alpha value is -2.22. The summed E-state index contributed by atoms with van der Waals surface area (Å²) in [7, 11) is 0. The molecule has 0 aliphatic rings. The second-order valence-electron chi connectivity index (χ2n) is 4.25. The molecule has 1 aromatic rings. The van der Waals surface area contributed by atoms with Crippen molar-refractivity contribution in [2.75, 3.05) is 6.61 Å². The zero-order valence-electron chi connectivity index (χ0n) is 11.1. The molecule has 0 fully saturated rings. The molecule has 0 amide bonds. The highest BCUT2D eigenvalue weighted by Gasteiger charge is 2.23. The topological polar surface area (TPSA) is 116 Å². The molecular weight excluding hydrogens is 268 g/mol. The van der Waals surface area contributed by atoms with Crippen molar-refractivity contribution in [2.45, 2.75) is 32.8 Å². The molecule has 20 heavy (non-hydrogen) atoms. The predicted octanol–water partition coefficient (Wildman–Crippen LogP) is 2.92.